The smallest absolute Gasteiger partial charge is 0.0596 e. The highest BCUT2D eigenvalue weighted by molar-refractivity contribution is 5.26. The lowest BCUT2D eigenvalue weighted by atomic mass is 9.46. The molecule has 4 aliphatic rings. The summed E-state index contributed by atoms with van der Waals surface area (Å²) in [6.45, 7) is 7.45. The maximum Gasteiger partial charge on any atom is 0.0596 e. The number of aliphatic hydroxyl groups excluding tert-OH is 1. The van der Waals surface area contributed by atoms with E-state index in [0.717, 1.165) is 30.1 Å². The fraction of sp³-hybridized carbons (Fsp3) is 0.900. The van der Waals surface area contributed by atoms with Crippen molar-refractivity contribution in [2.75, 3.05) is 0 Å². The van der Waals surface area contributed by atoms with Crippen molar-refractivity contribution in [1.82, 2.24) is 0 Å². The minimum absolute atomic E-state index is 0.0325. The van der Waals surface area contributed by atoms with Gasteiger partial charge in [-0.15, -0.1) is 0 Å². The predicted molar refractivity (Wildman–Crippen MR) is 86.9 cm³/mol. The van der Waals surface area contributed by atoms with Crippen molar-refractivity contribution in [1.29, 1.82) is 0 Å². The fourth-order valence-electron chi connectivity index (χ4n) is 7.18. The first-order valence-electron chi connectivity index (χ1n) is 9.35. The van der Waals surface area contributed by atoms with E-state index in [-0.39, 0.29) is 11.5 Å². The number of rotatable bonds is 0. The van der Waals surface area contributed by atoms with E-state index in [1.807, 2.05) is 0 Å². The summed E-state index contributed by atoms with van der Waals surface area (Å²) in [5, 5.41) is 10.5. The molecule has 0 bridgehead atoms. The maximum atomic E-state index is 10.5. The summed E-state index contributed by atoms with van der Waals surface area (Å²) in [6.07, 6.45) is 13.0. The second-order valence-corrected chi connectivity index (χ2v) is 9.12. The molecule has 0 aliphatic heterocycles. The van der Waals surface area contributed by atoms with Crippen molar-refractivity contribution < 1.29 is 5.11 Å². The van der Waals surface area contributed by atoms with Crippen molar-refractivity contribution in [3.8, 4) is 0 Å². The summed E-state index contributed by atoms with van der Waals surface area (Å²) in [5.74, 6) is 3.32. The zero-order valence-corrected chi connectivity index (χ0v) is 14.1. The van der Waals surface area contributed by atoms with Gasteiger partial charge in [0.05, 0.1) is 6.10 Å². The van der Waals surface area contributed by atoms with E-state index >= 15 is 0 Å². The molecule has 1 unspecified atom stereocenters. The number of hydrogen-bond acceptors (Lipinski definition) is 1. The molecular weight excluding hydrogens is 256 g/mol. The summed E-state index contributed by atoms with van der Waals surface area (Å²) in [4.78, 5) is 0. The molecule has 118 valence electrons. The van der Waals surface area contributed by atoms with Gasteiger partial charge in [0, 0.05) is 0 Å². The molecule has 1 N–H and O–H groups in total. The molecule has 3 fully saturated rings. The van der Waals surface area contributed by atoms with E-state index in [4.69, 9.17) is 0 Å². The first-order chi connectivity index (χ1) is 9.97. The molecule has 3 saturated carbocycles. The molecule has 21 heavy (non-hydrogen) atoms. The Bertz CT molecular complexity index is 466. The lowest BCUT2D eigenvalue weighted by Gasteiger charge is -2.59. The number of allylic oxidation sites excluding steroid dienone is 2. The second-order valence-electron chi connectivity index (χ2n) is 9.12. The molecular formula is C20H32O. The van der Waals surface area contributed by atoms with Crippen LogP contribution < -0.4 is 0 Å². The van der Waals surface area contributed by atoms with E-state index in [2.05, 4.69) is 26.8 Å². The third kappa shape index (κ3) is 1.79. The van der Waals surface area contributed by atoms with Gasteiger partial charge >= 0.3 is 0 Å². The van der Waals surface area contributed by atoms with Crippen LogP contribution in [0.3, 0.4) is 0 Å². The van der Waals surface area contributed by atoms with E-state index in [1.54, 1.807) is 5.57 Å². The van der Waals surface area contributed by atoms with Gasteiger partial charge in [0.25, 0.3) is 0 Å². The molecule has 7 atom stereocenters. The Labute approximate surface area is 130 Å². The molecule has 4 aliphatic carbocycles. The monoisotopic (exact) mass is 288 g/mol. The fourth-order valence-corrected chi connectivity index (χ4v) is 7.18. The van der Waals surface area contributed by atoms with Crippen LogP contribution in [-0.4, -0.2) is 11.2 Å². The Morgan fingerprint density at radius 2 is 1.90 bits per heavy atom. The van der Waals surface area contributed by atoms with Crippen LogP contribution >= 0.6 is 0 Å². The topological polar surface area (TPSA) is 20.2 Å². The maximum absolute atomic E-state index is 10.5. The van der Waals surface area contributed by atoms with Gasteiger partial charge in [-0.3, -0.25) is 0 Å². The van der Waals surface area contributed by atoms with Crippen LogP contribution in [0.25, 0.3) is 0 Å². The molecule has 1 heteroatoms. The van der Waals surface area contributed by atoms with Gasteiger partial charge < -0.3 is 5.11 Å². The average Bonchev–Trinajstić information content (AvgIpc) is 2.75. The lowest BCUT2D eigenvalue weighted by Crippen LogP contribution is -2.52. The number of fused-ring (bicyclic) bond motifs is 5. The zero-order valence-electron chi connectivity index (χ0n) is 14.1. The highest BCUT2D eigenvalue weighted by atomic mass is 16.3. The molecule has 4 rings (SSSR count). The van der Waals surface area contributed by atoms with Crippen LogP contribution in [-0.2, 0) is 0 Å². The predicted octanol–water partition coefficient (Wildman–Crippen LogP) is 4.95. The third-order valence-electron chi connectivity index (χ3n) is 8.29. The second kappa shape index (κ2) is 4.60. The van der Waals surface area contributed by atoms with Crippen molar-refractivity contribution >= 4 is 0 Å². The minimum Gasteiger partial charge on any atom is -0.393 e. The first-order valence-corrected chi connectivity index (χ1v) is 9.35. The van der Waals surface area contributed by atoms with Crippen LogP contribution in [0.15, 0.2) is 11.6 Å². The van der Waals surface area contributed by atoms with E-state index in [9.17, 15) is 5.11 Å². The van der Waals surface area contributed by atoms with E-state index < -0.39 is 0 Å². The van der Waals surface area contributed by atoms with Gasteiger partial charge in [-0.2, -0.15) is 0 Å². The molecule has 0 radical (unpaired) electrons. The van der Waals surface area contributed by atoms with Gasteiger partial charge in [0.15, 0.2) is 0 Å². The van der Waals surface area contributed by atoms with Crippen LogP contribution in [0.2, 0.25) is 0 Å². The Balaban J connectivity index is 1.72. The summed E-state index contributed by atoms with van der Waals surface area (Å²) in [6, 6.07) is 0. The van der Waals surface area contributed by atoms with Crippen LogP contribution in [0.5, 0.6) is 0 Å². The molecule has 0 spiro atoms. The van der Waals surface area contributed by atoms with Gasteiger partial charge in [-0.1, -0.05) is 32.4 Å². The van der Waals surface area contributed by atoms with Gasteiger partial charge in [0.1, 0.15) is 0 Å². The van der Waals surface area contributed by atoms with Crippen LogP contribution in [0, 0.1) is 34.5 Å². The molecule has 0 amide bonds. The number of hydrogen-bond donors (Lipinski definition) is 1. The molecule has 0 aromatic carbocycles. The van der Waals surface area contributed by atoms with Crippen molar-refractivity contribution in [3.05, 3.63) is 11.6 Å². The lowest BCUT2D eigenvalue weighted by molar-refractivity contribution is -0.0811. The standard InChI is InChI=1S/C20H32O/c1-13-12-14-16-7-8-18(21)20(16,3)11-9-17(14)19(2)10-5-4-6-15(13)19/h6,13-14,16-18,21H,4-5,7-12H2,1-3H3/t13-,14+,16+,17+,18?,19+,20+/m1/s1. The molecule has 0 aromatic rings. The minimum atomic E-state index is -0.0325. The van der Waals surface area contributed by atoms with Crippen molar-refractivity contribution in [3.63, 3.8) is 0 Å². The Morgan fingerprint density at radius 3 is 2.71 bits per heavy atom. The van der Waals surface area contributed by atoms with Gasteiger partial charge in [0.2, 0.25) is 0 Å². The van der Waals surface area contributed by atoms with Crippen molar-refractivity contribution in [2.24, 2.45) is 34.5 Å². The molecule has 0 saturated heterocycles. The van der Waals surface area contributed by atoms with Gasteiger partial charge in [-0.25, -0.2) is 0 Å². The first kappa shape index (κ1) is 14.3. The SMILES string of the molecule is C[C@@H]1C[C@@H]2[C@H](CC[C@]3(C)C(O)CC[C@@H]23)[C@@]2(C)CCCC=C12. The molecule has 1 nitrogen and oxygen atoms in total. The number of aliphatic hydroxyl groups is 1. The highest BCUT2D eigenvalue weighted by Gasteiger charge is 2.59. The quantitative estimate of drug-likeness (QED) is 0.626. The van der Waals surface area contributed by atoms with E-state index in [0.29, 0.717) is 5.41 Å². The van der Waals surface area contributed by atoms with Crippen LogP contribution in [0.1, 0.15) is 72.1 Å². The van der Waals surface area contributed by atoms with Gasteiger partial charge in [-0.05, 0) is 85.9 Å². The molecule has 0 heterocycles. The largest absolute Gasteiger partial charge is 0.393 e. The Kier molecular flexibility index (Phi) is 3.13. The Morgan fingerprint density at radius 1 is 1.10 bits per heavy atom. The summed E-state index contributed by atoms with van der Waals surface area (Å²) in [5.41, 5.74) is 2.51. The normalized spacial score (nSPS) is 56.2. The summed E-state index contributed by atoms with van der Waals surface area (Å²) >= 11 is 0. The summed E-state index contributed by atoms with van der Waals surface area (Å²) in [7, 11) is 0. The Hall–Kier alpha value is -0.300. The summed E-state index contributed by atoms with van der Waals surface area (Å²) < 4.78 is 0. The third-order valence-corrected chi connectivity index (χ3v) is 8.29. The zero-order chi connectivity index (χ0) is 14.8. The highest BCUT2D eigenvalue weighted by Crippen LogP contribution is 2.66. The molecule has 0 aromatic heterocycles. The average molecular weight is 288 g/mol. The van der Waals surface area contributed by atoms with Crippen LogP contribution in [0.4, 0.5) is 0 Å². The van der Waals surface area contributed by atoms with Crippen molar-refractivity contribution in [2.45, 2.75) is 78.2 Å². The van der Waals surface area contributed by atoms with E-state index in [1.165, 1.54) is 44.9 Å².